The van der Waals surface area contributed by atoms with Crippen LogP contribution in [0.5, 0.6) is 0 Å². The van der Waals surface area contributed by atoms with Gasteiger partial charge in [-0.3, -0.25) is 0 Å². The lowest BCUT2D eigenvalue weighted by molar-refractivity contribution is 0.660. The van der Waals surface area contributed by atoms with E-state index in [0.717, 1.165) is 22.7 Å². The van der Waals surface area contributed by atoms with Crippen molar-refractivity contribution in [1.82, 2.24) is 0 Å². The van der Waals surface area contributed by atoms with Gasteiger partial charge in [-0.05, 0) is 126 Å². The van der Waals surface area contributed by atoms with Crippen molar-refractivity contribution in [3.63, 3.8) is 0 Å². The summed E-state index contributed by atoms with van der Waals surface area (Å²) in [6, 6.07) is 94.8. The number of nitrogens with zero attached hydrogens (tertiary/aromatic N) is 2. The van der Waals surface area contributed by atoms with Gasteiger partial charge >= 0.3 is 0 Å². The summed E-state index contributed by atoms with van der Waals surface area (Å²) in [5, 5.41) is 7.20. The molecule has 0 radical (unpaired) electrons. The van der Waals surface area contributed by atoms with E-state index >= 15 is 0 Å². The second-order valence-electron chi connectivity index (χ2n) is 21.2. The number of hydrogen-bond acceptors (Lipinski definition) is 2. The molecule has 0 atom stereocenters. The Morgan fingerprint density at radius 3 is 0.973 bits per heavy atom. The second-order valence-corrected chi connectivity index (χ2v) is 21.2. The average Bonchev–Trinajstić information content (AvgIpc) is 3.91. The predicted octanol–water partition coefficient (Wildman–Crippen LogP) is 20.0. The number of benzene rings is 12. The molecule has 0 aromatic heterocycles. The Kier molecular flexibility index (Phi) is 9.94. The van der Waals surface area contributed by atoms with E-state index in [9.17, 15) is 0 Å². The summed E-state index contributed by atoms with van der Waals surface area (Å²) in [7, 11) is 0. The van der Waals surface area contributed by atoms with Gasteiger partial charge in [-0.2, -0.15) is 0 Å². The number of rotatable bonds is 8. The fourth-order valence-corrected chi connectivity index (χ4v) is 12.8. The molecule has 352 valence electrons. The molecule has 0 unspecified atom stereocenters. The maximum atomic E-state index is 2.54. The van der Waals surface area contributed by atoms with Gasteiger partial charge in [0.15, 0.2) is 0 Å². The van der Waals surface area contributed by atoms with E-state index in [2.05, 4.69) is 292 Å². The van der Waals surface area contributed by atoms with Crippen LogP contribution in [0.3, 0.4) is 0 Å². The van der Waals surface area contributed by atoms with Crippen molar-refractivity contribution in [3.8, 4) is 44.5 Å². The van der Waals surface area contributed by atoms with E-state index in [-0.39, 0.29) is 10.8 Å². The SMILES string of the molecule is CC1(C)c2ccccc2-c2c(N(c3ccc(-c4ccccc4)cc3)c3cc4c5ccccc5c(N(c5ccc(-c6ccccc6)cc5)c5cccc6c5-c5ccccc5C6(C)C)cc4c4ccccc34)cccc21. The Labute approximate surface area is 434 Å². The summed E-state index contributed by atoms with van der Waals surface area (Å²) in [6.07, 6.45) is 0. The van der Waals surface area contributed by atoms with E-state index in [0.29, 0.717) is 0 Å². The van der Waals surface area contributed by atoms with Gasteiger partial charge < -0.3 is 9.80 Å². The quantitative estimate of drug-likeness (QED) is 0.140. The molecule has 2 aliphatic carbocycles. The van der Waals surface area contributed by atoms with Crippen LogP contribution in [0.25, 0.3) is 76.8 Å². The molecular weight excluding hydrogens is 893 g/mol. The lowest BCUT2D eigenvalue weighted by Gasteiger charge is -2.32. The van der Waals surface area contributed by atoms with Gasteiger partial charge in [-0.15, -0.1) is 0 Å². The molecule has 12 aromatic rings. The molecular formula is C72H54N2. The standard InChI is InChI=1S/C72H54N2/c1-71(2)61-31-17-15-29-57(61)69-63(71)33-19-35-65(69)73(51-41-37-49(38-42-51)47-21-7-5-8-22-47)67-45-59-54-26-12-14-28-56(54)68(46-60(59)53-25-11-13-27-55(53)67)74(52-43-39-50(40-44-52)48-23-9-6-10-24-48)66-36-20-34-64-70(66)58-30-16-18-32-62(58)72(64,3)4/h5-46H,1-4H3. The Hall–Kier alpha value is -8.98. The predicted molar refractivity (Wildman–Crippen MR) is 314 cm³/mol. The summed E-state index contributed by atoms with van der Waals surface area (Å²) in [4.78, 5) is 5.09. The minimum atomic E-state index is -0.159. The van der Waals surface area contributed by atoms with E-state index in [1.807, 2.05) is 0 Å². The summed E-state index contributed by atoms with van der Waals surface area (Å²) < 4.78 is 0. The Morgan fingerprint density at radius 1 is 0.243 bits per heavy atom. The first-order chi connectivity index (χ1) is 36.3. The highest BCUT2D eigenvalue weighted by Gasteiger charge is 2.40. The van der Waals surface area contributed by atoms with Crippen LogP contribution in [0, 0.1) is 0 Å². The van der Waals surface area contributed by atoms with Crippen molar-refractivity contribution < 1.29 is 0 Å². The van der Waals surface area contributed by atoms with Gasteiger partial charge in [-0.1, -0.05) is 234 Å². The van der Waals surface area contributed by atoms with Crippen molar-refractivity contribution in [2.24, 2.45) is 0 Å². The largest absolute Gasteiger partial charge is 0.309 e. The molecule has 0 aliphatic heterocycles. The molecule has 0 spiro atoms. The first-order valence-corrected chi connectivity index (χ1v) is 26.0. The van der Waals surface area contributed by atoms with Crippen LogP contribution in [-0.2, 0) is 10.8 Å². The molecule has 2 heteroatoms. The molecule has 0 fully saturated rings. The number of anilines is 6. The number of fused-ring (bicyclic) bond motifs is 11. The third kappa shape index (κ3) is 6.64. The van der Waals surface area contributed by atoms with E-state index in [1.165, 1.54) is 110 Å². The highest BCUT2D eigenvalue weighted by atomic mass is 15.2. The maximum Gasteiger partial charge on any atom is 0.0546 e. The van der Waals surface area contributed by atoms with Gasteiger partial charge in [0.1, 0.15) is 0 Å². The summed E-state index contributed by atoms with van der Waals surface area (Å²) in [5.74, 6) is 0. The molecule has 14 rings (SSSR count). The third-order valence-corrected chi connectivity index (χ3v) is 16.4. The van der Waals surface area contributed by atoms with Gasteiger partial charge in [0.25, 0.3) is 0 Å². The molecule has 0 saturated carbocycles. The van der Waals surface area contributed by atoms with E-state index < -0.39 is 0 Å². The van der Waals surface area contributed by atoms with Crippen molar-refractivity contribution in [2.75, 3.05) is 9.80 Å². The molecule has 0 heterocycles. The highest BCUT2D eigenvalue weighted by molar-refractivity contribution is 6.25. The molecule has 0 amide bonds. The van der Waals surface area contributed by atoms with Crippen molar-refractivity contribution in [3.05, 3.63) is 277 Å². The van der Waals surface area contributed by atoms with Crippen LogP contribution in [0.4, 0.5) is 34.1 Å². The zero-order chi connectivity index (χ0) is 49.7. The molecule has 0 bridgehead atoms. The lowest BCUT2D eigenvalue weighted by atomic mass is 9.82. The highest BCUT2D eigenvalue weighted by Crippen LogP contribution is 2.58. The Bertz CT molecular complexity index is 3890. The average molecular weight is 947 g/mol. The third-order valence-electron chi connectivity index (χ3n) is 16.4. The second kappa shape index (κ2) is 16.8. The van der Waals surface area contributed by atoms with Gasteiger partial charge in [0.05, 0.1) is 22.7 Å². The summed E-state index contributed by atoms with van der Waals surface area (Å²) >= 11 is 0. The van der Waals surface area contributed by atoms with Crippen LogP contribution < -0.4 is 9.80 Å². The monoisotopic (exact) mass is 946 g/mol. The summed E-state index contributed by atoms with van der Waals surface area (Å²) in [6.45, 7) is 9.50. The van der Waals surface area contributed by atoms with Crippen LogP contribution >= 0.6 is 0 Å². The van der Waals surface area contributed by atoms with Crippen molar-refractivity contribution >= 4 is 66.4 Å². The summed E-state index contributed by atoms with van der Waals surface area (Å²) in [5.41, 5.74) is 21.9. The normalized spacial score (nSPS) is 13.6. The minimum absolute atomic E-state index is 0.159. The molecule has 0 N–H and O–H groups in total. The van der Waals surface area contributed by atoms with Crippen LogP contribution in [0.1, 0.15) is 49.9 Å². The van der Waals surface area contributed by atoms with Gasteiger partial charge in [0.2, 0.25) is 0 Å². The van der Waals surface area contributed by atoms with Gasteiger partial charge in [0, 0.05) is 44.1 Å². The minimum Gasteiger partial charge on any atom is -0.309 e. The Morgan fingerprint density at radius 2 is 0.568 bits per heavy atom. The fraction of sp³-hybridized carbons (Fsp3) is 0.0833. The molecule has 2 nitrogen and oxygen atoms in total. The number of hydrogen-bond donors (Lipinski definition) is 0. The molecule has 12 aromatic carbocycles. The van der Waals surface area contributed by atoms with E-state index in [1.54, 1.807) is 0 Å². The first-order valence-electron chi connectivity index (χ1n) is 26.0. The maximum absolute atomic E-state index is 2.54. The van der Waals surface area contributed by atoms with Crippen LogP contribution in [0.2, 0.25) is 0 Å². The molecule has 0 saturated heterocycles. The lowest BCUT2D eigenvalue weighted by Crippen LogP contribution is -2.16. The van der Waals surface area contributed by atoms with Gasteiger partial charge in [-0.25, -0.2) is 0 Å². The first kappa shape index (κ1) is 43.8. The van der Waals surface area contributed by atoms with Crippen LogP contribution in [-0.4, -0.2) is 0 Å². The van der Waals surface area contributed by atoms with Crippen LogP contribution in [0.15, 0.2) is 255 Å². The fourth-order valence-electron chi connectivity index (χ4n) is 12.8. The molecule has 74 heavy (non-hydrogen) atoms. The topological polar surface area (TPSA) is 6.48 Å². The Balaban J connectivity index is 1.04. The zero-order valence-corrected chi connectivity index (χ0v) is 42.1. The van der Waals surface area contributed by atoms with E-state index in [4.69, 9.17) is 0 Å². The zero-order valence-electron chi connectivity index (χ0n) is 42.1. The smallest absolute Gasteiger partial charge is 0.0546 e. The van der Waals surface area contributed by atoms with Crippen molar-refractivity contribution in [2.45, 2.75) is 38.5 Å². The van der Waals surface area contributed by atoms with Crippen molar-refractivity contribution in [1.29, 1.82) is 0 Å². The molecule has 2 aliphatic rings.